The first-order valence-electron chi connectivity index (χ1n) is 8.48. The third-order valence-electron chi connectivity index (χ3n) is 4.44. The molecule has 3 aromatic carbocycles. The molecule has 0 saturated carbocycles. The van der Waals surface area contributed by atoms with Crippen molar-refractivity contribution in [1.82, 2.24) is 0 Å². The van der Waals surface area contributed by atoms with E-state index in [9.17, 15) is 14.2 Å². The first-order valence-corrected chi connectivity index (χ1v) is 10.5. The highest BCUT2D eigenvalue weighted by atomic mass is 35.5. The van der Waals surface area contributed by atoms with Crippen LogP contribution in [0.15, 0.2) is 60.7 Å². The Morgan fingerprint density at radius 1 is 0.750 bits per heavy atom. The highest BCUT2D eigenvalue weighted by Crippen LogP contribution is 2.35. The van der Waals surface area contributed by atoms with Crippen molar-refractivity contribution in [2.45, 2.75) is 13.8 Å². The molecule has 3 nitrogen and oxygen atoms in total. The zero-order valence-electron chi connectivity index (χ0n) is 15.2. The van der Waals surface area contributed by atoms with Gasteiger partial charge in [0.25, 0.3) is 0 Å². The summed E-state index contributed by atoms with van der Waals surface area (Å²) < 4.78 is 13.1. The van der Waals surface area contributed by atoms with E-state index in [-0.39, 0.29) is 32.3 Å². The van der Waals surface area contributed by atoms with Crippen molar-refractivity contribution in [3.05, 3.63) is 98.5 Å². The molecule has 0 saturated heterocycles. The number of carbonyl (C=O) groups is 2. The van der Waals surface area contributed by atoms with E-state index in [1.165, 1.54) is 18.2 Å². The zero-order valence-corrected chi connectivity index (χ0v) is 17.6. The molecule has 0 aliphatic rings. The van der Waals surface area contributed by atoms with Crippen LogP contribution < -0.4 is 5.30 Å². The van der Waals surface area contributed by atoms with Gasteiger partial charge in [0.1, 0.15) is 0 Å². The predicted molar refractivity (Wildman–Crippen MR) is 114 cm³/mol. The summed E-state index contributed by atoms with van der Waals surface area (Å²) in [4.78, 5) is 26.1. The smallest absolute Gasteiger partial charge is 0.249 e. The predicted octanol–water partition coefficient (Wildman–Crippen LogP) is 6.13. The van der Waals surface area contributed by atoms with E-state index in [0.717, 1.165) is 11.1 Å². The van der Waals surface area contributed by atoms with Crippen LogP contribution in [-0.2, 0) is 4.57 Å². The molecule has 6 heteroatoms. The molecule has 1 radical (unpaired) electrons. The molecule has 3 rings (SSSR count). The van der Waals surface area contributed by atoms with Gasteiger partial charge in [-0.25, -0.2) is 0 Å². The van der Waals surface area contributed by atoms with Crippen LogP contribution in [0, 0.1) is 13.8 Å². The minimum Gasteiger partial charge on any atom is -0.289 e. The number of hydrogen-bond donors (Lipinski definition) is 0. The van der Waals surface area contributed by atoms with Crippen LogP contribution in [0.1, 0.15) is 37.4 Å². The van der Waals surface area contributed by atoms with Gasteiger partial charge in [-0.15, -0.1) is 0 Å². The van der Waals surface area contributed by atoms with E-state index in [4.69, 9.17) is 23.2 Å². The first kappa shape index (κ1) is 20.4. The number of halogens is 2. The van der Waals surface area contributed by atoms with Gasteiger partial charge in [0, 0.05) is 11.1 Å². The number of benzene rings is 3. The first-order chi connectivity index (χ1) is 13.3. The Kier molecular flexibility index (Phi) is 6.10. The maximum Gasteiger partial charge on any atom is 0.249 e. The number of hydrogen-bond acceptors (Lipinski definition) is 3. The third-order valence-corrected chi connectivity index (χ3v) is 6.49. The van der Waals surface area contributed by atoms with Crippen LogP contribution in [0.2, 0.25) is 10.0 Å². The zero-order chi connectivity index (χ0) is 20.4. The number of carbonyl (C=O) groups excluding carboxylic acids is 2. The molecule has 0 amide bonds. The summed E-state index contributed by atoms with van der Waals surface area (Å²) in [6.45, 7) is 3.69. The van der Waals surface area contributed by atoms with Gasteiger partial charge in [-0.3, -0.25) is 14.2 Å². The largest absolute Gasteiger partial charge is 0.289 e. The van der Waals surface area contributed by atoms with E-state index in [0.29, 0.717) is 5.56 Å². The van der Waals surface area contributed by atoms with Crippen LogP contribution in [-0.4, -0.2) is 11.3 Å². The average molecular weight is 430 g/mol. The Morgan fingerprint density at radius 3 is 1.89 bits per heavy atom. The average Bonchev–Trinajstić information content (AvgIpc) is 2.67. The van der Waals surface area contributed by atoms with Gasteiger partial charge in [0.05, 0.1) is 20.9 Å². The molecular formula is C22H16Cl2O3P. The minimum atomic E-state index is -2.59. The lowest BCUT2D eigenvalue weighted by atomic mass is 9.95. The number of rotatable bonds is 5. The van der Waals surface area contributed by atoms with Crippen molar-refractivity contribution in [1.29, 1.82) is 0 Å². The molecule has 0 aliphatic carbocycles. The van der Waals surface area contributed by atoms with Crippen LogP contribution in [0.25, 0.3) is 0 Å². The second kappa shape index (κ2) is 8.36. The monoisotopic (exact) mass is 429 g/mol. The van der Waals surface area contributed by atoms with E-state index in [1.807, 2.05) is 32.0 Å². The third kappa shape index (κ3) is 3.79. The van der Waals surface area contributed by atoms with Crippen LogP contribution in [0.5, 0.6) is 0 Å². The number of aryl methyl sites for hydroxylation is 2. The van der Waals surface area contributed by atoms with E-state index in [2.05, 4.69) is 0 Å². The molecule has 0 spiro atoms. The quantitative estimate of drug-likeness (QED) is 0.361. The van der Waals surface area contributed by atoms with Gasteiger partial charge < -0.3 is 0 Å². The van der Waals surface area contributed by atoms with Crippen LogP contribution >= 0.6 is 31.0 Å². The number of ketones is 1. The second-order valence-electron chi connectivity index (χ2n) is 6.31. The summed E-state index contributed by atoms with van der Waals surface area (Å²) in [6.07, 6.45) is 0. The lowest BCUT2D eigenvalue weighted by Crippen LogP contribution is -2.17. The van der Waals surface area contributed by atoms with Crippen molar-refractivity contribution in [3.8, 4) is 0 Å². The van der Waals surface area contributed by atoms with E-state index in [1.54, 1.807) is 24.3 Å². The van der Waals surface area contributed by atoms with E-state index >= 15 is 0 Å². The van der Waals surface area contributed by atoms with Crippen LogP contribution in [0.3, 0.4) is 0 Å². The maximum atomic E-state index is 13.2. The Balaban J connectivity index is 2.09. The summed E-state index contributed by atoms with van der Waals surface area (Å²) in [6, 6.07) is 16.6. The van der Waals surface area contributed by atoms with Crippen molar-refractivity contribution in [2.75, 3.05) is 0 Å². The molecule has 0 aromatic heterocycles. The highest BCUT2D eigenvalue weighted by molar-refractivity contribution is 7.71. The topological polar surface area (TPSA) is 51.2 Å². The Hall–Kier alpha value is -2.32. The fourth-order valence-corrected chi connectivity index (χ4v) is 5.04. The molecule has 0 heterocycles. The Bertz CT molecular complexity index is 1080. The Morgan fingerprint density at radius 2 is 1.29 bits per heavy atom. The van der Waals surface area contributed by atoms with Gasteiger partial charge in [-0.2, -0.15) is 0 Å². The molecule has 3 aromatic rings. The van der Waals surface area contributed by atoms with Crippen LogP contribution in [0.4, 0.5) is 0 Å². The van der Waals surface area contributed by atoms with Gasteiger partial charge in [-0.05, 0) is 49.2 Å². The second-order valence-corrected chi connectivity index (χ2v) is 8.60. The van der Waals surface area contributed by atoms with Crippen molar-refractivity contribution in [2.24, 2.45) is 0 Å². The van der Waals surface area contributed by atoms with Gasteiger partial charge in [0.15, 0.2) is 13.6 Å². The summed E-state index contributed by atoms with van der Waals surface area (Å²) in [5, 5.41) is 0.421. The van der Waals surface area contributed by atoms with Crippen molar-refractivity contribution in [3.63, 3.8) is 0 Å². The van der Waals surface area contributed by atoms with Gasteiger partial charge in [0.2, 0.25) is 5.52 Å². The lowest BCUT2D eigenvalue weighted by molar-refractivity contribution is 0.103. The maximum absolute atomic E-state index is 13.2. The summed E-state index contributed by atoms with van der Waals surface area (Å²) in [7, 11) is -2.59. The summed E-state index contributed by atoms with van der Waals surface area (Å²) in [5.74, 6) is -0.271. The summed E-state index contributed by atoms with van der Waals surface area (Å²) >= 11 is 12.2. The Labute approximate surface area is 174 Å². The molecule has 0 N–H and O–H groups in total. The SMILES string of the molecule is Cc1cccc(C)c1C(=O)c1ccccc1[P](=O)C(=O)c1c(Cl)cccc1Cl. The molecular weight excluding hydrogens is 414 g/mol. The van der Waals surface area contributed by atoms with Crippen molar-refractivity contribution >= 4 is 47.6 Å². The lowest BCUT2D eigenvalue weighted by Gasteiger charge is -2.12. The fraction of sp³-hybridized carbons (Fsp3) is 0.0909. The molecule has 1 atom stereocenters. The van der Waals surface area contributed by atoms with Gasteiger partial charge >= 0.3 is 0 Å². The standard InChI is InChI=1S/C22H16Cl2O3P/c1-13-7-5-8-14(2)19(13)21(25)15-9-3-4-12-18(15)28(27)22(26)20-16(23)10-6-11-17(20)24/h3-12H,1-2H3. The molecule has 141 valence electrons. The fourth-order valence-electron chi connectivity index (χ4n) is 3.06. The van der Waals surface area contributed by atoms with E-state index < -0.39 is 13.3 Å². The summed E-state index contributed by atoms with van der Waals surface area (Å²) in [5.41, 5.74) is 1.71. The minimum absolute atomic E-state index is 0.00117. The molecule has 28 heavy (non-hydrogen) atoms. The molecule has 1 unspecified atom stereocenters. The molecule has 0 fully saturated rings. The molecule has 0 aliphatic heterocycles. The van der Waals surface area contributed by atoms with Gasteiger partial charge in [-0.1, -0.05) is 59.6 Å². The highest BCUT2D eigenvalue weighted by Gasteiger charge is 2.27. The normalized spacial score (nSPS) is 11.2. The van der Waals surface area contributed by atoms with Crippen molar-refractivity contribution < 1.29 is 14.2 Å². The molecule has 0 bridgehead atoms.